The largest absolute Gasteiger partial charge is 0.366 e. The van der Waals surface area contributed by atoms with Gasteiger partial charge >= 0.3 is 0 Å². The second kappa shape index (κ2) is 5.81. The van der Waals surface area contributed by atoms with E-state index in [1.807, 2.05) is 32.6 Å². The zero-order valence-electron chi connectivity index (χ0n) is 14.2. The normalized spacial score (nSPS) is 19.3. The number of nitrogens with zero attached hydrogens (tertiary/aromatic N) is 2. The molecule has 0 radical (unpaired) electrons. The number of nitro benzene ring substituents is 1. The van der Waals surface area contributed by atoms with Crippen LogP contribution in [-0.2, 0) is 4.74 Å². The predicted octanol–water partition coefficient (Wildman–Crippen LogP) is 2.35. The highest BCUT2D eigenvalue weighted by Crippen LogP contribution is 2.36. The van der Waals surface area contributed by atoms with Crippen LogP contribution >= 0.6 is 0 Å². The molecule has 1 saturated heterocycles. The van der Waals surface area contributed by atoms with Crippen molar-refractivity contribution in [2.75, 3.05) is 25.0 Å². The van der Waals surface area contributed by atoms with Gasteiger partial charge in [0.1, 0.15) is 5.69 Å². The highest BCUT2D eigenvalue weighted by Gasteiger charge is 2.40. The lowest BCUT2D eigenvalue weighted by Gasteiger charge is -2.47. The fourth-order valence-corrected chi connectivity index (χ4v) is 3.18. The van der Waals surface area contributed by atoms with Gasteiger partial charge in [0, 0.05) is 31.8 Å². The smallest absolute Gasteiger partial charge is 0.293 e. The number of carbonyl (C=O) groups excluding carboxylic acids is 1. The average molecular weight is 321 g/mol. The standard InChI is InChI=1S/C16H23N3O4/c1-15(2)9-18(10-16(3,4)23-15)12-7-6-11(14(20)17-5)8-13(12)19(21)22/h6-8H,9-10H2,1-5H3,(H,17,20). The van der Waals surface area contributed by atoms with Gasteiger partial charge in [-0.2, -0.15) is 0 Å². The first-order chi connectivity index (χ1) is 10.5. The zero-order chi connectivity index (χ0) is 17.4. The van der Waals surface area contributed by atoms with Gasteiger partial charge in [0.25, 0.3) is 11.6 Å². The number of rotatable bonds is 3. The van der Waals surface area contributed by atoms with Crippen LogP contribution in [0.2, 0.25) is 0 Å². The SMILES string of the molecule is CNC(=O)c1ccc(N2CC(C)(C)OC(C)(C)C2)c([N+](=O)[O-])c1. The molecule has 1 aromatic rings. The van der Waals surface area contributed by atoms with E-state index >= 15 is 0 Å². The van der Waals surface area contributed by atoms with Crippen LogP contribution in [0.25, 0.3) is 0 Å². The summed E-state index contributed by atoms with van der Waals surface area (Å²) in [7, 11) is 1.50. The first-order valence-electron chi connectivity index (χ1n) is 7.50. The second-order valence-electron chi connectivity index (χ2n) is 7.02. The third-order valence-electron chi connectivity index (χ3n) is 3.70. The number of nitrogens with one attached hydrogen (secondary N) is 1. The van der Waals surface area contributed by atoms with Gasteiger partial charge in [-0.3, -0.25) is 14.9 Å². The summed E-state index contributed by atoms with van der Waals surface area (Å²) in [5.41, 5.74) is -0.133. The number of morpholine rings is 1. The molecule has 1 fully saturated rings. The Kier molecular flexibility index (Phi) is 4.34. The van der Waals surface area contributed by atoms with Gasteiger partial charge in [0.15, 0.2) is 0 Å². The van der Waals surface area contributed by atoms with E-state index in [1.54, 1.807) is 12.1 Å². The maximum absolute atomic E-state index is 11.7. The summed E-state index contributed by atoms with van der Waals surface area (Å²) in [5, 5.41) is 13.9. The van der Waals surface area contributed by atoms with Crippen LogP contribution in [0, 0.1) is 10.1 Å². The fourth-order valence-electron chi connectivity index (χ4n) is 3.18. The average Bonchev–Trinajstić information content (AvgIpc) is 2.42. The Bertz CT molecular complexity index is 624. The molecule has 0 aliphatic carbocycles. The van der Waals surface area contributed by atoms with E-state index in [0.717, 1.165) is 0 Å². The molecule has 1 aliphatic rings. The predicted molar refractivity (Wildman–Crippen MR) is 87.9 cm³/mol. The molecule has 0 saturated carbocycles. The van der Waals surface area contributed by atoms with Crippen molar-refractivity contribution in [1.82, 2.24) is 5.32 Å². The molecule has 0 aromatic heterocycles. The Morgan fingerprint density at radius 1 is 1.26 bits per heavy atom. The Morgan fingerprint density at radius 2 is 1.83 bits per heavy atom. The summed E-state index contributed by atoms with van der Waals surface area (Å²) in [6, 6.07) is 4.57. The summed E-state index contributed by atoms with van der Waals surface area (Å²) >= 11 is 0. The fraction of sp³-hybridized carbons (Fsp3) is 0.562. The van der Waals surface area contributed by atoms with Crippen LogP contribution in [0.5, 0.6) is 0 Å². The van der Waals surface area contributed by atoms with Crippen LogP contribution in [0.15, 0.2) is 18.2 Å². The van der Waals surface area contributed by atoms with Gasteiger partial charge in [-0.05, 0) is 39.8 Å². The van der Waals surface area contributed by atoms with E-state index in [0.29, 0.717) is 18.8 Å². The number of anilines is 1. The summed E-state index contributed by atoms with van der Waals surface area (Å²) in [4.78, 5) is 24.7. The van der Waals surface area contributed by atoms with Gasteiger partial charge in [-0.25, -0.2) is 0 Å². The molecule has 7 heteroatoms. The molecule has 0 bridgehead atoms. The number of benzene rings is 1. The van der Waals surface area contributed by atoms with E-state index in [1.165, 1.54) is 13.1 Å². The van der Waals surface area contributed by atoms with Crippen LogP contribution in [0.4, 0.5) is 11.4 Å². The van der Waals surface area contributed by atoms with Crippen LogP contribution in [-0.4, -0.2) is 42.2 Å². The lowest BCUT2D eigenvalue weighted by atomic mass is 9.97. The number of nitro groups is 1. The minimum Gasteiger partial charge on any atom is -0.366 e. The molecule has 23 heavy (non-hydrogen) atoms. The van der Waals surface area contributed by atoms with E-state index in [2.05, 4.69) is 5.32 Å². The van der Waals surface area contributed by atoms with Crippen molar-refractivity contribution in [2.24, 2.45) is 0 Å². The van der Waals surface area contributed by atoms with Crippen molar-refractivity contribution < 1.29 is 14.5 Å². The number of hydrogen-bond acceptors (Lipinski definition) is 5. The number of carbonyl (C=O) groups is 1. The zero-order valence-corrected chi connectivity index (χ0v) is 14.2. The molecule has 7 nitrogen and oxygen atoms in total. The van der Waals surface area contributed by atoms with Crippen molar-refractivity contribution in [1.29, 1.82) is 0 Å². The van der Waals surface area contributed by atoms with Crippen molar-refractivity contribution in [3.05, 3.63) is 33.9 Å². The Labute approximate surface area is 135 Å². The van der Waals surface area contributed by atoms with E-state index in [9.17, 15) is 14.9 Å². The Hall–Kier alpha value is -2.15. The van der Waals surface area contributed by atoms with E-state index < -0.39 is 16.1 Å². The molecule has 2 rings (SSSR count). The van der Waals surface area contributed by atoms with E-state index in [4.69, 9.17) is 4.74 Å². The topological polar surface area (TPSA) is 84.7 Å². The molecule has 0 unspecified atom stereocenters. The molecule has 1 N–H and O–H groups in total. The molecule has 1 heterocycles. The summed E-state index contributed by atoms with van der Waals surface area (Å²) in [6.07, 6.45) is 0. The lowest BCUT2D eigenvalue weighted by molar-refractivity contribution is -0.384. The van der Waals surface area contributed by atoms with Crippen LogP contribution in [0.1, 0.15) is 38.1 Å². The van der Waals surface area contributed by atoms with Crippen LogP contribution < -0.4 is 10.2 Å². The monoisotopic (exact) mass is 321 g/mol. The Morgan fingerprint density at radius 3 is 2.30 bits per heavy atom. The molecule has 0 spiro atoms. The Balaban J connectivity index is 2.46. The van der Waals surface area contributed by atoms with Gasteiger partial charge in [0.2, 0.25) is 0 Å². The summed E-state index contributed by atoms with van der Waals surface area (Å²) in [6.45, 7) is 8.93. The van der Waals surface area contributed by atoms with Gasteiger partial charge in [-0.15, -0.1) is 0 Å². The third-order valence-corrected chi connectivity index (χ3v) is 3.70. The second-order valence-corrected chi connectivity index (χ2v) is 7.02. The third kappa shape index (κ3) is 3.79. The van der Waals surface area contributed by atoms with Crippen molar-refractivity contribution in [3.63, 3.8) is 0 Å². The first-order valence-corrected chi connectivity index (χ1v) is 7.50. The molecular formula is C16H23N3O4. The van der Waals surface area contributed by atoms with Crippen molar-refractivity contribution >= 4 is 17.3 Å². The summed E-state index contributed by atoms with van der Waals surface area (Å²) in [5.74, 6) is -0.345. The molecular weight excluding hydrogens is 298 g/mol. The minimum absolute atomic E-state index is 0.0698. The van der Waals surface area contributed by atoms with Crippen LogP contribution in [0.3, 0.4) is 0 Å². The molecule has 1 aliphatic heterocycles. The quantitative estimate of drug-likeness (QED) is 0.682. The summed E-state index contributed by atoms with van der Waals surface area (Å²) < 4.78 is 6.02. The van der Waals surface area contributed by atoms with Crippen molar-refractivity contribution in [2.45, 2.75) is 38.9 Å². The molecule has 1 aromatic carbocycles. The maximum Gasteiger partial charge on any atom is 0.293 e. The van der Waals surface area contributed by atoms with Gasteiger partial charge < -0.3 is 15.0 Å². The number of amides is 1. The molecule has 126 valence electrons. The number of hydrogen-bond donors (Lipinski definition) is 1. The molecule has 0 atom stereocenters. The lowest BCUT2D eigenvalue weighted by Crippen LogP contribution is -2.57. The maximum atomic E-state index is 11.7. The first kappa shape index (κ1) is 17.2. The molecule has 1 amide bonds. The number of ether oxygens (including phenoxy) is 1. The van der Waals surface area contributed by atoms with Crippen molar-refractivity contribution in [3.8, 4) is 0 Å². The van der Waals surface area contributed by atoms with Gasteiger partial charge in [-0.1, -0.05) is 0 Å². The minimum atomic E-state index is -0.447. The highest BCUT2D eigenvalue weighted by molar-refractivity contribution is 5.95. The van der Waals surface area contributed by atoms with E-state index in [-0.39, 0.29) is 17.2 Å². The highest BCUT2D eigenvalue weighted by atomic mass is 16.6. The van der Waals surface area contributed by atoms with Gasteiger partial charge in [0.05, 0.1) is 16.1 Å².